The maximum absolute atomic E-state index is 12.5. The van der Waals surface area contributed by atoms with Gasteiger partial charge in [-0.3, -0.25) is 4.79 Å². The molecule has 6 heteroatoms. The molecule has 2 nitrogen and oxygen atoms in total. The molecule has 1 aromatic rings. The fraction of sp³-hybridized carbons (Fsp3) is 0.462. The van der Waals surface area contributed by atoms with Crippen molar-refractivity contribution < 1.29 is 18.0 Å². The Morgan fingerprint density at radius 1 is 1.42 bits per heavy atom. The summed E-state index contributed by atoms with van der Waals surface area (Å²) in [5.41, 5.74) is -0.818. The molecule has 0 saturated heterocycles. The smallest absolute Gasteiger partial charge is 0.350 e. The van der Waals surface area contributed by atoms with Crippen LogP contribution in [0.5, 0.6) is 0 Å². The maximum Gasteiger partial charge on any atom is 0.416 e. The number of hydrogen-bond acceptors (Lipinski definition) is 1. The fourth-order valence-electron chi connectivity index (χ4n) is 1.60. The van der Waals surface area contributed by atoms with E-state index in [4.69, 9.17) is 11.6 Å². The minimum Gasteiger partial charge on any atom is -0.350 e. The number of amides is 1. The zero-order valence-corrected chi connectivity index (χ0v) is 11.2. The topological polar surface area (TPSA) is 29.1 Å². The molecule has 0 aliphatic carbocycles. The molecule has 1 rings (SSSR count). The summed E-state index contributed by atoms with van der Waals surface area (Å²) in [5, 5.41) is 2.64. The van der Waals surface area contributed by atoms with E-state index < -0.39 is 17.6 Å². The molecule has 106 valence electrons. The van der Waals surface area contributed by atoms with Crippen molar-refractivity contribution in [1.82, 2.24) is 5.32 Å². The molecule has 0 aliphatic heterocycles. The van der Waals surface area contributed by atoms with Crippen LogP contribution in [-0.4, -0.2) is 17.8 Å². The average molecular weight is 294 g/mol. The van der Waals surface area contributed by atoms with E-state index in [1.807, 2.05) is 0 Å². The van der Waals surface area contributed by atoms with Crippen molar-refractivity contribution >= 4 is 17.5 Å². The molecule has 0 spiro atoms. The first-order valence-electron chi connectivity index (χ1n) is 5.88. The molecular weight excluding hydrogens is 279 g/mol. The summed E-state index contributed by atoms with van der Waals surface area (Å²) in [6, 6.07) is 4.25. The number of hydrogen-bond donors (Lipinski definition) is 1. The molecule has 1 N–H and O–H groups in total. The summed E-state index contributed by atoms with van der Waals surface area (Å²) in [5.74, 6) is -0.0165. The van der Waals surface area contributed by atoms with Gasteiger partial charge in [-0.15, -0.1) is 11.6 Å². The average Bonchev–Trinajstić information content (AvgIpc) is 2.35. The molecular formula is C13H15ClF3NO. The van der Waals surface area contributed by atoms with Crippen molar-refractivity contribution in [2.24, 2.45) is 0 Å². The summed E-state index contributed by atoms with van der Waals surface area (Å²) in [7, 11) is 0. The van der Waals surface area contributed by atoms with E-state index in [1.165, 1.54) is 12.1 Å². The molecule has 0 fully saturated rings. The largest absolute Gasteiger partial charge is 0.416 e. The van der Waals surface area contributed by atoms with Crippen LogP contribution in [0, 0.1) is 0 Å². The van der Waals surface area contributed by atoms with Gasteiger partial charge in [-0.25, -0.2) is 0 Å². The Balaban J connectivity index is 2.72. The van der Waals surface area contributed by atoms with Gasteiger partial charge in [0.05, 0.1) is 5.56 Å². The number of halogens is 4. The number of rotatable bonds is 5. The summed E-state index contributed by atoms with van der Waals surface area (Å²) < 4.78 is 37.5. The number of nitrogens with one attached hydrogen (secondary N) is 1. The standard InChI is InChI=1S/C13H15ClF3NO/c1-9(4-3-7-14)18-12(19)10-5-2-6-11(8-10)13(15,16)17/h2,5-6,8-9H,3-4,7H2,1H3,(H,18,19). The third kappa shape index (κ3) is 5.11. The monoisotopic (exact) mass is 293 g/mol. The lowest BCUT2D eigenvalue weighted by Crippen LogP contribution is -2.32. The highest BCUT2D eigenvalue weighted by molar-refractivity contribution is 6.17. The lowest BCUT2D eigenvalue weighted by Gasteiger charge is -2.14. The van der Waals surface area contributed by atoms with Gasteiger partial charge in [0, 0.05) is 17.5 Å². The third-order valence-electron chi connectivity index (χ3n) is 2.60. The first-order chi connectivity index (χ1) is 8.84. The Kier molecular flexibility index (Phi) is 5.66. The zero-order valence-electron chi connectivity index (χ0n) is 10.4. The highest BCUT2D eigenvalue weighted by Crippen LogP contribution is 2.29. The van der Waals surface area contributed by atoms with E-state index in [0.717, 1.165) is 18.6 Å². The molecule has 0 aliphatic rings. The Morgan fingerprint density at radius 2 is 2.11 bits per heavy atom. The van der Waals surface area contributed by atoms with Gasteiger partial charge in [0.1, 0.15) is 0 Å². The molecule has 1 amide bonds. The fourth-order valence-corrected chi connectivity index (χ4v) is 1.75. The highest BCUT2D eigenvalue weighted by atomic mass is 35.5. The second kappa shape index (κ2) is 6.80. The van der Waals surface area contributed by atoms with Crippen LogP contribution in [0.1, 0.15) is 35.7 Å². The minimum atomic E-state index is -4.44. The molecule has 0 saturated carbocycles. The SMILES string of the molecule is CC(CCCCl)NC(=O)c1cccc(C(F)(F)F)c1. The van der Waals surface area contributed by atoms with Crippen molar-refractivity contribution in [3.63, 3.8) is 0 Å². The highest BCUT2D eigenvalue weighted by Gasteiger charge is 2.30. The van der Waals surface area contributed by atoms with Crippen LogP contribution in [0.15, 0.2) is 24.3 Å². The Morgan fingerprint density at radius 3 is 2.68 bits per heavy atom. The number of carbonyl (C=O) groups is 1. The summed E-state index contributed by atoms with van der Waals surface area (Å²) >= 11 is 5.53. The van der Waals surface area contributed by atoms with E-state index in [2.05, 4.69) is 5.32 Å². The first kappa shape index (κ1) is 15.8. The van der Waals surface area contributed by atoms with E-state index >= 15 is 0 Å². The Hall–Kier alpha value is -1.23. The van der Waals surface area contributed by atoms with E-state index in [1.54, 1.807) is 6.92 Å². The van der Waals surface area contributed by atoms with Gasteiger partial charge >= 0.3 is 6.18 Å². The van der Waals surface area contributed by atoms with Gasteiger partial charge in [-0.2, -0.15) is 13.2 Å². The number of alkyl halides is 4. The molecule has 1 unspecified atom stereocenters. The van der Waals surface area contributed by atoms with Crippen LogP contribution >= 0.6 is 11.6 Å². The molecule has 1 aromatic carbocycles. The van der Waals surface area contributed by atoms with Crippen molar-refractivity contribution in [3.05, 3.63) is 35.4 Å². The molecule has 19 heavy (non-hydrogen) atoms. The summed E-state index contributed by atoms with van der Waals surface area (Å²) in [4.78, 5) is 11.8. The Bertz CT molecular complexity index is 434. The van der Waals surface area contributed by atoms with Crippen LogP contribution < -0.4 is 5.32 Å². The van der Waals surface area contributed by atoms with E-state index in [-0.39, 0.29) is 11.6 Å². The van der Waals surface area contributed by atoms with Gasteiger partial charge in [0.15, 0.2) is 0 Å². The third-order valence-corrected chi connectivity index (χ3v) is 2.87. The van der Waals surface area contributed by atoms with Gasteiger partial charge in [-0.05, 0) is 38.0 Å². The van der Waals surface area contributed by atoms with Crippen LogP contribution in [0.4, 0.5) is 13.2 Å². The van der Waals surface area contributed by atoms with Gasteiger partial charge < -0.3 is 5.32 Å². The van der Waals surface area contributed by atoms with Crippen molar-refractivity contribution in [1.29, 1.82) is 0 Å². The van der Waals surface area contributed by atoms with Crippen LogP contribution in [0.25, 0.3) is 0 Å². The van der Waals surface area contributed by atoms with Crippen molar-refractivity contribution in [2.45, 2.75) is 32.0 Å². The van der Waals surface area contributed by atoms with Gasteiger partial charge in [-0.1, -0.05) is 6.07 Å². The van der Waals surface area contributed by atoms with Crippen LogP contribution in [0.3, 0.4) is 0 Å². The predicted molar refractivity (Wildman–Crippen MR) is 68.3 cm³/mol. The van der Waals surface area contributed by atoms with E-state index in [0.29, 0.717) is 12.3 Å². The normalized spacial score (nSPS) is 13.1. The lowest BCUT2D eigenvalue weighted by molar-refractivity contribution is -0.137. The molecule has 1 atom stereocenters. The number of benzene rings is 1. The molecule has 0 heterocycles. The predicted octanol–water partition coefficient (Wildman–Crippen LogP) is 3.84. The molecule has 0 bridgehead atoms. The molecule has 0 aromatic heterocycles. The van der Waals surface area contributed by atoms with Gasteiger partial charge in [0.25, 0.3) is 5.91 Å². The lowest BCUT2D eigenvalue weighted by atomic mass is 10.1. The van der Waals surface area contributed by atoms with Gasteiger partial charge in [0.2, 0.25) is 0 Å². The second-order valence-corrected chi connectivity index (χ2v) is 4.66. The van der Waals surface area contributed by atoms with Crippen LogP contribution in [0.2, 0.25) is 0 Å². The quantitative estimate of drug-likeness (QED) is 0.821. The summed E-state index contributed by atoms with van der Waals surface area (Å²) in [6.45, 7) is 1.79. The second-order valence-electron chi connectivity index (χ2n) is 4.28. The first-order valence-corrected chi connectivity index (χ1v) is 6.42. The van der Waals surface area contributed by atoms with E-state index in [9.17, 15) is 18.0 Å². The minimum absolute atomic E-state index is 0.00699. The Labute approximate surface area is 114 Å². The number of carbonyl (C=O) groups excluding carboxylic acids is 1. The summed E-state index contributed by atoms with van der Waals surface area (Å²) in [6.07, 6.45) is -3.01. The maximum atomic E-state index is 12.5. The van der Waals surface area contributed by atoms with Crippen molar-refractivity contribution in [2.75, 3.05) is 5.88 Å². The van der Waals surface area contributed by atoms with Crippen LogP contribution in [-0.2, 0) is 6.18 Å². The zero-order chi connectivity index (χ0) is 14.5. The molecule has 0 radical (unpaired) electrons. The van der Waals surface area contributed by atoms with Crippen molar-refractivity contribution in [3.8, 4) is 0 Å².